The molecule has 1 N–H and O–H groups in total. The number of hydrogen-bond donors (Lipinski definition) is 1. The van der Waals surface area contributed by atoms with Crippen LogP contribution in [0.25, 0.3) is 0 Å². The van der Waals surface area contributed by atoms with E-state index in [1.807, 2.05) is 0 Å². The lowest BCUT2D eigenvalue weighted by Crippen LogP contribution is -2.24. The van der Waals surface area contributed by atoms with E-state index in [-0.39, 0.29) is 0 Å². The molecule has 0 radical (unpaired) electrons. The Morgan fingerprint density at radius 3 is 2.48 bits per heavy atom. The van der Waals surface area contributed by atoms with Gasteiger partial charge in [-0.2, -0.15) is 0 Å². The largest absolute Gasteiger partial charge is 0.310 e. The highest BCUT2D eigenvalue weighted by Crippen LogP contribution is 2.29. The molecule has 0 saturated heterocycles. The predicted octanol–water partition coefficient (Wildman–Crippen LogP) is 6.10. The van der Waals surface area contributed by atoms with Gasteiger partial charge in [0, 0.05) is 18.6 Å². The first-order valence-electron chi connectivity index (χ1n) is 7.03. The smallest absolute Gasteiger partial charge is 0.0372 e. The summed E-state index contributed by atoms with van der Waals surface area (Å²) < 4.78 is 3.55. The molecule has 2 aromatic carbocycles. The summed E-state index contributed by atoms with van der Waals surface area (Å²) in [4.78, 5) is 0. The average Bonchev–Trinajstić information content (AvgIpc) is 2.48. The van der Waals surface area contributed by atoms with Crippen molar-refractivity contribution >= 4 is 54.5 Å². The highest BCUT2D eigenvalue weighted by Gasteiger charge is 2.15. The molecular formula is C17H18Br2IN. The van der Waals surface area contributed by atoms with Gasteiger partial charge in [-0.3, -0.25) is 0 Å². The fourth-order valence-electron chi connectivity index (χ4n) is 2.25. The Kier molecular flexibility index (Phi) is 7.19. The van der Waals surface area contributed by atoms with E-state index in [9.17, 15) is 0 Å². The lowest BCUT2D eigenvalue weighted by Gasteiger charge is -2.21. The maximum atomic E-state index is 3.69. The normalized spacial score (nSPS) is 12.4. The molecule has 0 spiro atoms. The van der Waals surface area contributed by atoms with Crippen molar-refractivity contribution in [3.8, 4) is 0 Å². The standard InChI is InChI=1S/C17H18Br2IN/c1-2-9-21-17(10-12-3-6-14(20)7-4-12)15-11-13(18)5-8-16(15)19/h3-8,11,17,21H,2,9-10H2,1H3. The van der Waals surface area contributed by atoms with Crippen molar-refractivity contribution in [1.82, 2.24) is 5.32 Å². The van der Waals surface area contributed by atoms with Gasteiger partial charge in [-0.05, 0) is 83.4 Å². The second-order valence-corrected chi connectivity index (χ2v) is 8.02. The fourth-order valence-corrected chi connectivity index (χ4v) is 3.51. The van der Waals surface area contributed by atoms with Crippen LogP contribution < -0.4 is 5.32 Å². The Hall–Kier alpha value is 0.0900. The highest BCUT2D eigenvalue weighted by atomic mass is 127. The van der Waals surface area contributed by atoms with Crippen LogP contribution in [0.5, 0.6) is 0 Å². The Labute approximate surface area is 157 Å². The molecular weight excluding hydrogens is 505 g/mol. The van der Waals surface area contributed by atoms with Crippen LogP contribution in [0, 0.1) is 3.57 Å². The quantitative estimate of drug-likeness (QED) is 0.452. The molecule has 2 rings (SSSR count). The first-order chi connectivity index (χ1) is 10.1. The number of halogens is 3. The summed E-state index contributed by atoms with van der Waals surface area (Å²) >= 11 is 9.61. The van der Waals surface area contributed by atoms with Crippen LogP contribution in [0.15, 0.2) is 51.4 Å². The Morgan fingerprint density at radius 2 is 1.81 bits per heavy atom. The number of rotatable bonds is 6. The maximum absolute atomic E-state index is 3.69. The summed E-state index contributed by atoms with van der Waals surface area (Å²) in [5, 5.41) is 3.66. The minimum atomic E-state index is 0.317. The van der Waals surface area contributed by atoms with Crippen molar-refractivity contribution in [2.24, 2.45) is 0 Å². The van der Waals surface area contributed by atoms with Crippen LogP contribution in [-0.2, 0) is 6.42 Å². The van der Waals surface area contributed by atoms with Gasteiger partial charge in [-0.15, -0.1) is 0 Å². The Balaban J connectivity index is 2.25. The summed E-state index contributed by atoms with van der Waals surface area (Å²) in [7, 11) is 0. The second-order valence-electron chi connectivity index (χ2n) is 5.00. The van der Waals surface area contributed by atoms with E-state index in [0.717, 1.165) is 28.3 Å². The summed E-state index contributed by atoms with van der Waals surface area (Å²) in [6, 6.07) is 15.5. The third kappa shape index (κ3) is 5.34. The minimum Gasteiger partial charge on any atom is -0.310 e. The van der Waals surface area contributed by atoms with E-state index in [1.165, 1.54) is 14.7 Å². The Morgan fingerprint density at radius 1 is 1.10 bits per heavy atom. The fraction of sp³-hybridized carbons (Fsp3) is 0.294. The van der Waals surface area contributed by atoms with Gasteiger partial charge >= 0.3 is 0 Å². The van der Waals surface area contributed by atoms with Gasteiger partial charge in [0.2, 0.25) is 0 Å². The summed E-state index contributed by atoms with van der Waals surface area (Å²) in [6.45, 7) is 3.22. The molecule has 0 aliphatic rings. The third-order valence-corrected chi connectivity index (χ3v) is 5.26. The van der Waals surface area contributed by atoms with Gasteiger partial charge in [-0.1, -0.05) is 50.9 Å². The van der Waals surface area contributed by atoms with Gasteiger partial charge in [0.15, 0.2) is 0 Å². The molecule has 112 valence electrons. The van der Waals surface area contributed by atoms with Crippen molar-refractivity contribution in [3.63, 3.8) is 0 Å². The molecule has 1 unspecified atom stereocenters. The topological polar surface area (TPSA) is 12.0 Å². The van der Waals surface area contributed by atoms with Crippen LogP contribution >= 0.6 is 54.5 Å². The number of benzene rings is 2. The zero-order valence-corrected chi connectivity index (χ0v) is 17.2. The van der Waals surface area contributed by atoms with Gasteiger partial charge < -0.3 is 5.32 Å². The molecule has 0 aliphatic heterocycles. The maximum Gasteiger partial charge on any atom is 0.0372 e. The SMILES string of the molecule is CCCNC(Cc1ccc(I)cc1)c1cc(Br)ccc1Br. The molecule has 0 saturated carbocycles. The van der Waals surface area contributed by atoms with Gasteiger partial charge in [-0.25, -0.2) is 0 Å². The zero-order valence-electron chi connectivity index (χ0n) is 11.9. The van der Waals surface area contributed by atoms with E-state index in [2.05, 4.69) is 109 Å². The molecule has 2 aromatic rings. The lowest BCUT2D eigenvalue weighted by molar-refractivity contribution is 0.527. The molecule has 0 heterocycles. The van der Waals surface area contributed by atoms with Gasteiger partial charge in [0.1, 0.15) is 0 Å². The molecule has 1 atom stereocenters. The lowest BCUT2D eigenvalue weighted by atomic mass is 9.99. The summed E-state index contributed by atoms with van der Waals surface area (Å²) in [6.07, 6.45) is 2.13. The van der Waals surface area contributed by atoms with Gasteiger partial charge in [0.05, 0.1) is 0 Å². The monoisotopic (exact) mass is 521 g/mol. The van der Waals surface area contributed by atoms with Crippen LogP contribution in [0.4, 0.5) is 0 Å². The molecule has 0 aliphatic carbocycles. The zero-order chi connectivity index (χ0) is 15.2. The van der Waals surface area contributed by atoms with Crippen molar-refractivity contribution in [2.75, 3.05) is 6.54 Å². The molecule has 1 nitrogen and oxygen atoms in total. The third-order valence-electron chi connectivity index (χ3n) is 3.33. The van der Waals surface area contributed by atoms with Crippen molar-refractivity contribution in [2.45, 2.75) is 25.8 Å². The van der Waals surface area contributed by atoms with E-state index in [1.54, 1.807) is 0 Å². The highest BCUT2D eigenvalue weighted by molar-refractivity contribution is 14.1. The van der Waals surface area contributed by atoms with Crippen LogP contribution in [0.3, 0.4) is 0 Å². The first-order valence-corrected chi connectivity index (χ1v) is 9.69. The molecule has 0 amide bonds. The number of hydrogen-bond acceptors (Lipinski definition) is 1. The van der Waals surface area contributed by atoms with E-state index < -0.39 is 0 Å². The van der Waals surface area contributed by atoms with Crippen LogP contribution in [-0.4, -0.2) is 6.54 Å². The molecule has 0 aromatic heterocycles. The van der Waals surface area contributed by atoms with Crippen molar-refractivity contribution in [3.05, 3.63) is 66.1 Å². The molecule has 4 heteroatoms. The van der Waals surface area contributed by atoms with Crippen LogP contribution in [0.2, 0.25) is 0 Å². The van der Waals surface area contributed by atoms with E-state index >= 15 is 0 Å². The van der Waals surface area contributed by atoms with Crippen LogP contribution in [0.1, 0.15) is 30.5 Å². The van der Waals surface area contributed by atoms with E-state index in [0.29, 0.717) is 6.04 Å². The average molecular weight is 523 g/mol. The predicted molar refractivity (Wildman–Crippen MR) is 106 cm³/mol. The van der Waals surface area contributed by atoms with Gasteiger partial charge in [0.25, 0.3) is 0 Å². The molecule has 21 heavy (non-hydrogen) atoms. The summed E-state index contributed by atoms with van der Waals surface area (Å²) in [5.41, 5.74) is 2.66. The van der Waals surface area contributed by atoms with Crippen molar-refractivity contribution < 1.29 is 0 Å². The van der Waals surface area contributed by atoms with Crippen molar-refractivity contribution in [1.29, 1.82) is 0 Å². The summed E-state index contributed by atoms with van der Waals surface area (Å²) in [5.74, 6) is 0. The Bertz CT molecular complexity index is 584. The molecule has 0 bridgehead atoms. The molecule has 0 fully saturated rings. The second kappa shape index (κ2) is 8.65. The number of nitrogens with one attached hydrogen (secondary N) is 1. The first kappa shape index (κ1) is 17.4. The minimum absolute atomic E-state index is 0.317. The van der Waals surface area contributed by atoms with E-state index in [4.69, 9.17) is 0 Å².